The van der Waals surface area contributed by atoms with Crippen LogP contribution < -0.4 is 5.32 Å². The third kappa shape index (κ3) is 5.19. The van der Waals surface area contributed by atoms with Crippen LogP contribution in [-0.2, 0) is 20.6 Å². The summed E-state index contributed by atoms with van der Waals surface area (Å²) in [6.07, 6.45) is 0. The Labute approximate surface area is 167 Å². The van der Waals surface area contributed by atoms with Gasteiger partial charge in [-0.05, 0) is 31.5 Å². The molecule has 1 unspecified atom stereocenters. The molecule has 7 heteroatoms. The van der Waals surface area contributed by atoms with Crippen molar-refractivity contribution in [1.29, 1.82) is 0 Å². The predicted molar refractivity (Wildman–Crippen MR) is 111 cm³/mol. The van der Waals surface area contributed by atoms with Gasteiger partial charge in [0.05, 0.1) is 11.8 Å². The van der Waals surface area contributed by atoms with E-state index in [-0.39, 0.29) is 17.7 Å². The van der Waals surface area contributed by atoms with E-state index >= 15 is 0 Å². The Bertz CT molecular complexity index is 890. The van der Waals surface area contributed by atoms with Crippen LogP contribution in [-0.4, -0.2) is 55.8 Å². The Kier molecular flexibility index (Phi) is 6.49. The van der Waals surface area contributed by atoms with E-state index in [1.165, 1.54) is 4.31 Å². The van der Waals surface area contributed by atoms with Gasteiger partial charge in [0.2, 0.25) is 15.9 Å². The van der Waals surface area contributed by atoms with Crippen molar-refractivity contribution in [2.45, 2.75) is 25.6 Å². The molecule has 0 aliphatic carbocycles. The molecule has 1 aliphatic rings. The third-order valence-corrected chi connectivity index (χ3v) is 6.95. The molecule has 0 radical (unpaired) electrons. The molecule has 1 saturated heterocycles. The van der Waals surface area contributed by atoms with Crippen molar-refractivity contribution in [3.63, 3.8) is 0 Å². The van der Waals surface area contributed by atoms with E-state index < -0.39 is 10.0 Å². The maximum absolute atomic E-state index is 12.7. The lowest BCUT2D eigenvalue weighted by Gasteiger charge is -2.36. The highest BCUT2D eigenvalue weighted by molar-refractivity contribution is 7.88. The molecule has 28 heavy (non-hydrogen) atoms. The smallest absolute Gasteiger partial charge is 0.241 e. The number of sulfonamides is 1. The molecule has 3 rings (SSSR count). The fourth-order valence-electron chi connectivity index (χ4n) is 3.29. The quantitative estimate of drug-likeness (QED) is 0.807. The SMILES string of the molecule is Cc1ccc(NC(=O)C(C)N2CCN(S(=O)(=O)Cc3ccccc3)CC2)cc1. The second-order valence-corrected chi connectivity index (χ2v) is 9.18. The van der Waals surface area contributed by atoms with Crippen LogP contribution in [0.2, 0.25) is 0 Å². The maximum Gasteiger partial charge on any atom is 0.241 e. The maximum atomic E-state index is 12.7. The van der Waals surface area contributed by atoms with Crippen molar-refractivity contribution in [2.24, 2.45) is 0 Å². The van der Waals surface area contributed by atoms with Crippen molar-refractivity contribution in [2.75, 3.05) is 31.5 Å². The van der Waals surface area contributed by atoms with E-state index in [2.05, 4.69) is 5.32 Å². The van der Waals surface area contributed by atoms with Crippen molar-refractivity contribution in [3.05, 3.63) is 65.7 Å². The predicted octanol–water partition coefficient (Wildman–Crippen LogP) is 2.47. The summed E-state index contributed by atoms with van der Waals surface area (Å²) >= 11 is 0. The van der Waals surface area contributed by atoms with E-state index in [0.29, 0.717) is 26.2 Å². The normalized spacial score (nSPS) is 17.2. The highest BCUT2D eigenvalue weighted by Crippen LogP contribution is 2.16. The first kappa shape index (κ1) is 20.5. The van der Waals surface area contributed by atoms with Gasteiger partial charge in [0, 0.05) is 31.9 Å². The van der Waals surface area contributed by atoms with E-state index in [0.717, 1.165) is 16.8 Å². The van der Waals surface area contributed by atoms with Gasteiger partial charge in [0.1, 0.15) is 0 Å². The summed E-state index contributed by atoms with van der Waals surface area (Å²) in [5.74, 6) is -0.0680. The Morgan fingerprint density at radius 3 is 2.21 bits per heavy atom. The van der Waals surface area contributed by atoms with Crippen LogP contribution in [0.4, 0.5) is 5.69 Å². The highest BCUT2D eigenvalue weighted by atomic mass is 32.2. The summed E-state index contributed by atoms with van der Waals surface area (Å²) in [6.45, 7) is 5.73. The molecular formula is C21H27N3O3S. The minimum absolute atomic E-state index is 0.0112. The Balaban J connectivity index is 1.53. The molecule has 1 N–H and O–H groups in total. The fourth-order valence-corrected chi connectivity index (χ4v) is 4.81. The van der Waals surface area contributed by atoms with Gasteiger partial charge >= 0.3 is 0 Å². The number of carbonyl (C=O) groups is 1. The largest absolute Gasteiger partial charge is 0.325 e. The summed E-state index contributed by atoms with van der Waals surface area (Å²) in [5, 5.41) is 2.93. The molecule has 0 saturated carbocycles. The Morgan fingerprint density at radius 2 is 1.61 bits per heavy atom. The average molecular weight is 402 g/mol. The topological polar surface area (TPSA) is 69.7 Å². The van der Waals surface area contributed by atoms with Crippen LogP contribution >= 0.6 is 0 Å². The van der Waals surface area contributed by atoms with Gasteiger partial charge in [-0.2, -0.15) is 4.31 Å². The van der Waals surface area contributed by atoms with Crippen LogP contribution in [0.25, 0.3) is 0 Å². The van der Waals surface area contributed by atoms with Crippen LogP contribution in [0.1, 0.15) is 18.1 Å². The minimum atomic E-state index is -3.35. The number of amides is 1. The number of anilines is 1. The number of benzene rings is 2. The number of rotatable bonds is 6. The Hall–Kier alpha value is -2.22. The van der Waals surface area contributed by atoms with Gasteiger partial charge in [-0.1, -0.05) is 48.0 Å². The van der Waals surface area contributed by atoms with E-state index in [1.807, 2.05) is 73.3 Å². The zero-order chi connectivity index (χ0) is 20.1. The highest BCUT2D eigenvalue weighted by Gasteiger charge is 2.30. The lowest BCUT2D eigenvalue weighted by Crippen LogP contribution is -2.54. The second kappa shape index (κ2) is 8.86. The fraction of sp³-hybridized carbons (Fsp3) is 0.381. The van der Waals surface area contributed by atoms with Crippen LogP contribution in [0, 0.1) is 6.92 Å². The van der Waals surface area contributed by atoms with Gasteiger partial charge in [0.15, 0.2) is 0 Å². The lowest BCUT2D eigenvalue weighted by atomic mass is 10.2. The van der Waals surface area contributed by atoms with E-state index in [9.17, 15) is 13.2 Å². The zero-order valence-electron chi connectivity index (χ0n) is 16.3. The number of hydrogen-bond acceptors (Lipinski definition) is 4. The number of aryl methyl sites for hydroxylation is 1. The van der Waals surface area contributed by atoms with Crippen LogP contribution in [0.15, 0.2) is 54.6 Å². The summed E-state index contributed by atoms with van der Waals surface area (Å²) < 4.78 is 26.9. The van der Waals surface area contributed by atoms with Gasteiger partial charge in [-0.3, -0.25) is 9.69 Å². The summed E-state index contributed by atoms with van der Waals surface area (Å²) in [6, 6.07) is 16.6. The molecule has 2 aromatic rings. The molecular weight excluding hydrogens is 374 g/mol. The van der Waals surface area contributed by atoms with Crippen molar-refractivity contribution >= 4 is 21.6 Å². The molecule has 6 nitrogen and oxygen atoms in total. The molecule has 2 aromatic carbocycles. The first-order chi connectivity index (χ1) is 13.3. The number of piperazine rings is 1. The minimum Gasteiger partial charge on any atom is -0.325 e. The van der Waals surface area contributed by atoms with E-state index in [1.54, 1.807) is 0 Å². The summed E-state index contributed by atoms with van der Waals surface area (Å²) in [7, 11) is -3.35. The van der Waals surface area contributed by atoms with E-state index in [4.69, 9.17) is 0 Å². The number of nitrogens with zero attached hydrogens (tertiary/aromatic N) is 2. The zero-order valence-corrected chi connectivity index (χ0v) is 17.2. The first-order valence-corrected chi connectivity index (χ1v) is 11.1. The second-order valence-electron chi connectivity index (χ2n) is 7.21. The third-order valence-electron chi connectivity index (χ3n) is 5.10. The van der Waals surface area contributed by atoms with Gasteiger partial charge in [-0.15, -0.1) is 0 Å². The molecule has 1 fully saturated rings. The molecule has 150 valence electrons. The number of hydrogen-bond donors (Lipinski definition) is 1. The van der Waals surface area contributed by atoms with Gasteiger partial charge < -0.3 is 5.32 Å². The number of nitrogens with one attached hydrogen (secondary N) is 1. The molecule has 1 atom stereocenters. The Morgan fingerprint density at radius 1 is 1.00 bits per heavy atom. The summed E-state index contributed by atoms with van der Waals surface area (Å²) in [4.78, 5) is 14.6. The molecule has 0 bridgehead atoms. The molecule has 0 aromatic heterocycles. The summed E-state index contributed by atoms with van der Waals surface area (Å²) in [5.41, 5.74) is 2.70. The molecule has 1 heterocycles. The van der Waals surface area contributed by atoms with Gasteiger partial charge in [0.25, 0.3) is 0 Å². The first-order valence-electron chi connectivity index (χ1n) is 9.48. The monoisotopic (exact) mass is 401 g/mol. The van der Waals surface area contributed by atoms with Gasteiger partial charge in [-0.25, -0.2) is 8.42 Å². The average Bonchev–Trinajstić information content (AvgIpc) is 2.69. The molecule has 0 spiro atoms. The van der Waals surface area contributed by atoms with Crippen molar-refractivity contribution < 1.29 is 13.2 Å². The number of carbonyl (C=O) groups excluding carboxylic acids is 1. The molecule has 1 amide bonds. The van der Waals surface area contributed by atoms with Crippen molar-refractivity contribution in [3.8, 4) is 0 Å². The van der Waals surface area contributed by atoms with Crippen LogP contribution in [0.3, 0.4) is 0 Å². The van der Waals surface area contributed by atoms with Crippen molar-refractivity contribution in [1.82, 2.24) is 9.21 Å². The standard InChI is InChI=1S/C21H27N3O3S/c1-17-8-10-20(11-9-17)22-21(25)18(2)23-12-14-24(15-13-23)28(26,27)16-19-6-4-3-5-7-19/h3-11,18H,12-16H2,1-2H3,(H,22,25). The molecule has 1 aliphatic heterocycles. The van der Waals surface area contributed by atoms with Crippen LogP contribution in [0.5, 0.6) is 0 Å². The lowest BCUT2D eigenvalue weighted by molar-refractivity contribution is -0.121.